The van der Waals surface area contributed by atoms with Crippen LogP contribution in [0.4, 0.5) is 0 Å². The normalized spacial score (nSPS) is 11.3. The monoisotopic (exact) mass is 99.1 g/mol. The molecule has 1 radical (unpaired) electrons. The summed E-state index contributed by atoms with van der Waals surface area (Å²) in [6, 6.07) is 0. The minimum absolute atomic E-state index is 0.00694. The van der Waals surface area contributed by atoms with Gasteiger partial charge in [0, 0.05) is 5.41 Å². The number of aliphatic hydroxyl groups is 1. The molecule has 0 heterocycles. The molecule has 1 nitrogen and oxygen atoms in total. The molecule has 0 fully saturated rings. The van der Waals surface area contributed by atoms with Crippen molar-refractivity contribution in [2.24, 2.45) is 5.41 Å². The van der Waals surface area contributed by atoms with Crippen LogP contribution < -0.4 is 0 Å². The quantitative estimate of drug-likeness (QED) is 0.460. The molecule has 0 unspecified atom stereocenters. The van der Waals surface area contributed by atoms with Crippen LogP contribution in [0.25, 0.3) is 0 Å². The summed E-state index contributed by atoms with van der Waals surface area (Å²) in [5.41, 5.74) is -0.250. The van der Waals surface area contributed by atoms with E-state index in [0.717, 1.165) is 0 Å². The van der Waals surface area contributed by atoms with Crippen LogP contribution in [0.5, 0.6) is 0 Å². The Hall–Kier alpha value is -0.460. The molecule has 0 aliphatic carbocycles. The smallest absolute Gasteiger partial charge is 0.0977 e. The van der Waals surface area contributed by atoms with Gasteiger partial charge in [-0.05, 0) is 6.58 Å². The number of hydrogen-bond acceptors (Lipinski definition) is 1. The lowest BCUT2D eigenvalue weighted by Gasteiger charge is -2.14. The Balaban J connectivity index is 3.79. The van der Waals surface area contributed by atoms with Gasteiger partial charge >= 0.3 is 0 Å². The lowest BCUT2D eigenvalue weighted by Crippen LogP contribution is -2.06. The molecule has 41 valence electrons. The maximum absolute atomic E-state index is 8.58. The predicted octanol–water partition coefficient (Wildman–Crippen LogP) is 1.91. The van der Waals surface area contributed by atoms with E-state index in [4.69, 9.17) is 11.7 Å². The van der Waals surface area contributed by atoms with Gasteiger partial charge in [0.2, 0.25) is 0 Å². The largest absolute Gasteiger partial charge is 0.512 e. The summed E-state index contributed by atoms with van der Waals surface area (Å²) in [6.07, 6.45) is 0. The molecule has 0 aliphatic rings. The van der Waals surface area contributed by atoms with E-state index in [1.807, 2.05) is 20.8 Å². The summed E-state index contributed by atoms with van der Waals surface area (Å²) < 4.78 is 0. The van der Waals surface area contributed by atoms with Crippen molar-refractivity contribution in [1.29, 1.82) is 0 Å². The van der Waals surface area contributed by atoms with Crippen LogP contribution in [0.15, 0.2) is 5.76 Å². The van der Waals surface area contributed by atoms with E-state index in [1.54, 1.807) is 0 Å². The molecule has 0 saturated heterocycles. The van der Waals surface area contributed by atoms with Crippen molar-refractivity contribution < 1.29 is 5.11 Å². The molecule has 0 atom stereocenters. The summed E-state index contributed by atoms with van der Waals surface area (Å²) in [4.78, 5) is 0. The molecule has 0 aromatic heterocycles. The lowest BCUT2D eigenvalue weighted by atomic mass is 9.95. The molecule has 1 N–H and O–H groups in total. The molecule has 0 aromatic rings. The zero-order chi connectivity index (χ0) is 6.08. The molecule has 0 rings (SSSR count). The molecular weight excluding hydrogens is 88.1 g/mol. The van der Waals surface area contributed by atoms with E-state index in [0.29, 0.717) is 0 Å². The third-order valence-electron chi connectivity index (χ3n) is 0.768. The first kappa shape index (κ1) is 6.54. The van der Waals surface area contributed by atoms with Gasteiger partial charge in [-0.1, -0.05) is 20.8 Å². The van der Waals surface area contributed by atoms with Gasteiger partial charge < -0.3 is 5.11 Å². The Labute approximate surface area is 44.7 Å². The minimum Gasteiger partial charge on any atom is -0.512 e. The second-order valence-electron chi connectivity index (χ2n) is 2.64. The first-order valence-electron chi connectivity index (χ1n) is 2.26. The van der Waals surface area contributed by atoms with Crippen molar-refractivity contribution in [3.8, 4) is 0 Å². The van der Waals surface area contributed by atoms with Crippen LogP contribution in [-0.4, -0.2) is 5.11 Å². The maximum atomic E-state index is 8.58. The van der Waals surface area contributed by atoms with E-state index >= 15 is 0 Å². The topological polar surface area (TPSA) is 20.2 Å². The van der Waals surface area contributed by atoms with Crippen LogP contribution in [0, 0.1) is 12.0 Å². The van der Waals surface area contributed by atoms with Gasteiger partial charge in [-0.15, -0.1) is 0 Å². The Morgan fingerprint density at radius 2 is 1.57 bits per heavy atom. The minimum atomic E-state index is -0.250. The fourth-order valence-corrected chi connectivity index (χ4v) is 0. The molecule has 1 heteroatoms. The average molecular weight is 99.2 g/mol. The Bertz CT molecular complexity index is 76.7. The third-order valence-corrected chi connectivity index (χ3v) is 0.768. The van der Waals surface area contributed by atoms with Gasteiger partial charge in [0.1, 0.15) is 0 Å². The van der Waals surface area contributed by atoms with Gasteiger partial charge in [0.15, 0.2) is 0 Å². The molecule has 0 saturated carbocycles. The second kappa shape index (κ2) is 1.57. The van der Waals surface area contributed by atoms with Gasteiger partial charge in [-0.3, -0.25) is 0 Å². The average Bonchev–Trinajstić information content (AvgIpc) is 1.31. The molecule has 0 aromatic carbocycles. The van der Waals surface area contributed by atoms with E-state index in [2.05, 4.69) is 0 Å². The van der Waals surface area contributed by atoms with Crippen LogP contribution >= 0.6 is 0 Å². The third kappa shape index (κ3) is 2.26. The number of aliphatic hydroxyl groups excluding tert-OH is 1. The maximum Gasteiger partial charge on any atom is 0.0977 e. The molecule has 0 aliphatic heterocycles. The molecular formula is C6H11O. The number of rotatable bonds is 0. The highest BCUT2D eigenvalue weighted by Crippen LogP contribution is 2.19. The lowest BCUT2D eigenvalue weighted by molar-refractivity contribution is 0.278. The standard InChI is InChI=1S/C6H11O/c1-5(7)6(2,3)4/h1,7H,2-4H3. The summed E-state index contributed by atoms with van der Waals surface area (Å²) in [6.45, 7) is 10.6. The molecule has 0 spiro atoms. The highest BCUT2D eigenvalue weighted by Gasteiger charge is 2.12. The van der Waals surface area contributed by atoms with Crippen LogP contribution in [0.3, 0.4) is 0 Å². The van der Waals surface area contributed by atoms with E-state index < -0.39 is 0 Å². The van der Waals surface area contributed by atoms with Gasteiger partial charge in [0.25, 0.3) is 0 Å². The second-order valence-corrected chi connectivity index (χ2v) is 2.64. The van der Waals surface area contributed by atoms with Gasteiger partial charge in [0.05, 0.1) is 5.76 Å². The van der Waals surface area contributed by atoms with E-state index in [1.165, 1.54) is 0 Å². The molecule has 0 bridgehead atoms. The first-order valence-corrected chi connectivity index (χ1v) is 2.26. The number of allylic oxidation sites excluding steroid dienone is 1. The van der Waals surface area contributed by atoms with Gasteiger partial charge in [-0.2, -0.15) is 0 Å². The summed E-state index contributed by atoms with van der Waals surface area (Å²) in [5.74, 6) is -0.00694. The van der Waals surface area contributed by atoms with Crippen LogP contribution in [0.2, 0.25) is 0 Å². The van der Waals surface area contributed by atoms with Crippen molar-refractivity contribution in [2.45, 2.75) is 20.8 Å². The fourth-order valence-electron chi connectivity index (χ4n) is 0. The predicted molar refractivity (Wildman–Crippen MR) is 29.9 cm³/mol. The van der Waals surface area contributed by atoms with Crippen molar-refractivity contribution in [3.63, 3.8) is 0 Å². The number of hydrogen-bond donors (Lipinski definition) is 1. The fraction of sp³-hybridized carbons (Fsp3) is 0.667. The van der Waals surface area contributed by atoms with E-state index in [-0.39, 0.29) is 11.2 Å². The highest BCUT2D eigenvalue weighted by molar-refractivity contribution is 4.89. The first-order chi connectivity index (χ1) is 2.94. The molecule has 0 amide bonds. The summed E-state index contributed by atoms with van der Waals surface area (Å²) in [7, 11) is 0. The van der Waals surface area contributed by atoms with Crippen LogP contribution in [-0.2, 0) is 0 Å². The van der Waals surface area contributed by atoms with Gasteiger partial charge in [-0.25, -0.2) is 0 Å². The Morgan fingerprint density at radius 3 is 1.57 bits per heavy atom. The highest BCUT2D eigenvalue weighted by atomic mass is 16.3. The van der Waals surface area contributed by atoms with E-state index in [9.17, 15) is 0 Å². The summed E-state index contributed by atoms with van der Waals surface area (Å²) in [5, 5.41) is 8.58. The zero-order valence-corrected chi connectivity index (χ0v) is 5.02. The molecule has 7 heavy (non-hydrogen) atoms. The van der Waals surface area contributed by atoms with Crippen molar-refractivity contribution in [1.82, 2.24) is 0 Å². The van der Waals surface area contributed by atoms with Crippen molar-refractivity contribution in [3.05, 3.63) is 12.3 Å². The van der Waals surface area contributed by atoms with Crippen LogP contribution in [0.1, 0.15) is 20.8 Å². The SMILES string of the molecule is [CH]=C(O)C(C)(C)C. The van der Waals surface area contributed by atoms with Crippen molar-refractivity contribution >= 4 is 0 Å². The summed E-state index contributed by atoms with van der Waals surface area (Å²) >= 11 is 0. The Kier molecular flexibility index (Phi) is 1.46. The Morgan fingerprint density at radius 1 is 1.43 bits per heavy atom. The van der Waals surface area contributed by atoms with Crippen molar-refractivity contribution in [2.75, 3.05) is 0 Å². The zero-order valence-electron chi connectivity index (χ0n) is 5.02.